The Hall–Kier alpha value is -1.77. The monoisotopic (exact) mass is 219 g/mol. The van der Waals surface area contributed by atoms with Gasteiger partial charge in [0.15, 0.2) is 0 Å². The maximum Gasteiger partial charge on any atom is 0.133 e. The molecular weight excluding hydrogens is 208 g/mol. The molecule has 1 nitrogen and oxygen atoms in total. The van der Waals surface area contributed by atoms with Gasteiger partial charge in [-0.3, -0.25) is 4.98 Å². The van der Waals surface area contributed by atoms with Crippen molar-refractivity contribution in [1.82, 2.24) is 4.98 Å². The Labute approximate surface area is 92.8 Å². The van der Waals surface area contributed by atoms with Gasteiger partial charge in [0.1, 0.15) is 11.6 Å². The van der Waals surface area contributed by atoms with Crippen molar-refractivity contribution in [3.8, 4) is 11.1 Å². The Morgan fingerprint density at radius 2 is 1.81 bits per heavy atom. The first-order valence-electron chi connectivity index (χ1n) is 5.11. The normalized spacial score (nSPS) is 10.4. The van der Waals surface area contributed by atoms with Crippen molar-refractivity contribution in [1.29, 1.82) is 0 Å². The number of benzene rings is 1. The smallest absolute Gasteiger partial charge is 0.133 e. The molecule has 3 heteroatoms. The number of pyridine rings is 1. The number of aromatic nitrogens is 1. The average molecular weight is 219 g/mol. The molecule has 1 heterocycles. The molecule has 2 rings (SSSR count). The van der Waals surface area contributed by atoms with Crippen molar-refractivity contribution in [3.05, 3.63) is 53.9 Å². The summed E-state index contributed by atoms with van der Waals surface area (Å²) in [6.07, 6.45) is 2.31. The van der Waals surface area contributed by atoms with Gasteiger partial charge in [-0.15, -0.1) is 0 Å². The first kappa shape index (κ1) is 10.7. The van der Waals surface area contributed by atoms with Crippen LogP contribution in [0, 0.1) is 11.6 Å². The highest BCUT2D eigenvalue weighted by Gasteiger charge is 2.10. The highest BCUT2D eigenvalue weighted by atomic mass is 19.1. The summed E-state index contributed by atoms with van der Waals surface area (Å²) < 4.78 is 27.0. The fraction of sp³-hybridized carbons (Fsp3) is 0.154. The van der Waals surface area contributed by atoms with Crippen LogP contribution in [0.5, 0.6) is 0 Å². The molecule has 0 fully saturated rings. The Morgan fingerprint density at radius 1 is 1.12 bits per heavy atom. The molecule has 16 heavy (non-hydrogen) atoms. The third kappa shape index (κ3) is 1.94. The molecule has 0 aliphatic heterocycles. The van der Waals surface area contributed by atoms with Gasteiger partial charge in [-0.25, -0.2) is 8.78 Å². The minimum absolute atomic E-state index is 0.0135. The molecule has 1 aromatic carbocycles. The van der Waals surface area contributed by atoms with Gasteiger partial charge in [0, 0.05) is 11.9 Å². The van der Waals surface area contributed by atoms with E-state index >= 15 is 0 Å². The quantitative estimate of drug-likeness (QED) is 0.752. The maximum atomic E-state index is 13.5. The van der Waals surface area contributed by atoms with E-state index in [1.54, 1.807) is 18.3 Å². The van der Waals surface area contributed by atoms with Gasteiger partial charge in [-0.2, -0.15) is 0 Å². The SMILES string of the molecule is CCc1cc(-c2c(F)cccc2F)ccn1. The van der Waals surface area contributed by atoms with Crippen LogP contribution >= 0.6 is 0 Å². The second-order valence-corrected chi connectivity index (χ2v) is 3.49. The van der Waals surface area contributed by atoms with E-state index in [9.17, 15) is 8.78 Å². The summed E-state index contributed by atoms with van der Waals surface area (Å²) >= 11 is 0. The third-order valence-electron chi connectivity index (χ3n) is 2.43. The standard InChI is InChI=1S/C13H11F2N/c1-2-10-8-9(6-7-16-10)13-11(14)4-3-5-12(13)15/h3-8H,2H2,1H3. The molecule has 0 bridgehead atoms. The minimum Gasteiger partial charge on any atom is -0.261 e. The summed E-state index contributed by atoms with van der Waals surface area (Å²) in [5, 5.41) is 0. The van der Waals surface area contributed by atoms with Crippen molar-refractivity contribution in [2.75, 3.05) is 0 Å². The number of hydrogen-bond acceptors (Lipinski definition) is 1. The van der Waals surface area contributed by atoms with Crippen molar-refractivity contribution in [3.63, 3.8) is 0 Å². The van der Waals surface area contributed by atoms with Crippen molar-refractivity contribution < 1.29 is 8.78 Å². The van der Waals surface area contributed by atoms with E-state index < -0.39 is 11.6 Å². The zero-order valence-corrected chi connectivity index (χ0v) is 8.87. The molecule has 0 unspecified atom stereocenters. The first-order chi connectivity index (χ1) is 7.72. The number of aryl methyl sites for hydroxylation is 1. The van der Waals surface area contributed by atoms with Crippen molar-refractivity contribution in [2.45, 2.75) is 13.3 Å². The number of nitrogens with zero attached hydrogens (tertiary/aromatic N) is 1. The molecule has 82 valence electrons. The lowest BCUT2D eigenvalue weighted by Crippen LogP contribution is -1.92. The molecule has 0 amide bonds. The van der Waals surface area contributed by atoms with Crippen LogP contribution in [0.2, 0.25) is 0 Å². The highest BCUT2D eigenvalue weighted by molar-refractivity contribution is 5.64. The minimum atomic E-state index is -0.548. The second-order valence-electron chi connectivity index (χ2n) is 3.49. The largest absolute Gasteiger partial charge is 0.261 e. The van der Waals surface area contributed by atoms with E-state index in [2.05, 4.69) is 4.98 Å². The summed E-state index contributed by atoms with van der Waals surface area (Å²) in [6, 6.07) is 7.19. The molecule has 0 atom stereocenters. The Kier molecular flexibility index (Phi) is 2.95. The second kappa shape index (κ2) is 4.39. The zero-order valence-electron chi connectivity index (χ0n) is 8.87. The van der Waals surface area contributed by atoms with Crippen LogP contribution < -0.4 is 0 Å². The predicted octanol–water partition coefficient (Wildman–Crippen LogP) is 3.59. The van der Waals surface area contributed by atoms with Gasteiger partial charge < -0.3 is 0 Å². The van der Waals surface area contributed by atoms with E-state index in [1.807, 2.05) is 6.92 Å². The number of rotatable bonds is 2. The van der Waals surface area contributed by atoms with Gasteiger partial charge in [0.2, 0.25) is 0 Å². The van der Waals surface area contributed by atoms with E-state index in [0.29, 0.717) is 5.56 Å². The number of halogens is 2. The molecule has 2 aromatic rings. The molecular formula is C13H11F2N. The summed E-state index contributed by atoms with van der Waals surface area (Å²) in [4.78, 5) is 4.10. The van der Waals surface area contributed by atoms with Crippen LogP contribution in [0.1, 0.15) is 12.6 Å². The maximum absolute atomic E-state index is 13.5. The highest BCUT2D eigenvalue weighted by Crippen LogP contribution is 2.25. The van der Waals surface area contributed by atoms with E-state index in [0.717, 1.165) is 12.1 Å². The summed E-state index contributed by atoms with van der Waals surface area (Å²) in [7, 11) is 0. The lowest BCUT2D eigenvalue weighted by molar-refractivity contribution is 0.589. The van der Waals surface area contributed by atoms with Gasteiger partial charge in [0.05, 0.1) is 5.56 Å². The Bertz CT molecular complexity index is 489. The predicted molar refractivity (Wildman–Crippen MR) is 59.0 cm³/mol. The van der Waals surface area contributed by atoms with Crippen LogP contribution in [0.3, 0.4) is 0 Å². The fourth-order valence-electron chi connectivity index (χ4n) is 1.60. The Morgan fingerprint density at radius 3 is 2.44 bits per heavy atom. The molecule has 0 N–H and O–H groups in total. The molecule has 0 saturated carbocycles. The van der Waals surface area contributed by atoms with Crippen LogP contribution in [-0.4, -0.2) is 4.98 Å². The fourth-order valence-corrected chi connectivity index (χ4v) is 1.60. The molecule has 0 saturated heterocycles. The molecule has 0 aliphatic rings. The summed E-state index contributed by atoms with van der Waals surface area (Å²) in [5.74, 6) is -1.10. The van der Waals surface area contributed by atoms with Crippen molar-refractivity contribution >= 4 is 0 Å². The lowest BCUT2D eigenvalue weighted by Gasteiger charge is -2.06. The van der Waals surface area contributed by atoms with Crippen LogP contribution in [0.4, 0.5) is 8.78 Å². The van der Waals surface area contributed by atoms with Crippen LogP contribution in [0.15, 0.2) is 36.5 Å². The topological polar surface area (TPSA) is 12.9 Å². The lowest BCUT2D eigenvalue weighted by atomic mass is 10.0. The zero-order chi connectivity index (χ0) is 11.5. The molecule has 0 aliphatic carbocycles. The van der Waals surface area contributed by atoms with E-state index in [-0.39, 0.29) is 5.56 Å². The molecule has 0 radical (unpaired) electrons. The molecule has 0 spiro atoms. The summed E-state index contributed by atoms with van der Waals surface area (Å²) in [5.41, 5.74) is 1.36. The van der Waals surface area contributed by atoms with Crippen LogP contribution in [0.25, 0.3) is 11.1 Å². The Balaban J connectivity index is 2.58. The van der Waals surface area contributed by atoms with Gasteiger partial charge in [-0.05, 0) is 36.2 Å². The first-order valence-corrected chi connectivity index (χ1v) is 5.11. The third-order valence-corrected chi connectivity index (χ3v) is 2.43. The van der Waals surface area contributed by atoms with Gasteiger partial charge in [0.25, 0.3) is 0 Å². The van der Waals surface area contributed by atoms with Crippen LogP contribution in [-0.2, 0) is 6.42 Å². The summed E-state index contributed by atoms with van der Waals surface area (Å²) in [6.45, 7) is 1.95. The average Bonchev–Trinajstić information content (AvgIpc) is 2.29. The van der Waals surface area contributed by atoms with Gasteiger partial charge in [-0.1, -0.05) is 13.0 Å². The molecule has 1 aromatic heterocycles. The van der Waals surface area contributed by atoms with Gasteiger partial charge >= 0.3 is 0 Å². The van der Waals surface area contributed by atoms with Crippen molar-refractivity contribution in [2.24, 2.45) is 0 Å². The van der Waals surface area contributed by atoms with E-state index in [4.69, 9.17) is 0 Å². The number of hydrogen-bond donors (Lipinski definition) is 0. The van der Waals surface area contributed by atoms with E-state index in [1.165, 1.54) is 18.2 Å².